The molecule has 2 rings (SSSR count). The summed E-state index contributed by atoms with van der Waals surface area (Å²) in [4.78, 5) is 22.3. The number of hydrogen-bond acceptors (Lipinski definition) is 6. The van der Waals surface area contributed by atoms with Gasteiger partial charge in [-0.3, -0.25) is 14.9 Å². The number of nitrogens with zero attached hydrogens (tertiary/aromatic N) is 1. The number of carbonyl (C=O) groups excluding carboxylic acids is 1. The second kappa shape index (κ2) is 8.52. The number of rotatable bonds is 5. The summed E-state index contributed by atoms with van der Waals surface area (Å²) in [7, 11) is 1.36. The quantitative estimate of drug-likeness (QED) is 0.623. The number of morpholine rings is 1. The number of benzene rings is 1. The van der Waals surface area contributed by atoms with Crippen LogP contribution < -0.4 is 15.4 Å². The summed E-state index contributed by atoms with van der Waals surface area (Å²) < 4.78 is 10.3. The maximum atomic E-state index is 11.9. The topological polar surface area (TPSA) is 103 Å². The van der Waals surface area contributed by atoms with E-state index >= 15 is 0 Å². The average Bonchev–Trinajstić information content (AvgIpc) is 2.48. The predicted octanol–water partition coefficient (Wildman–Crippen LogP) is 1.34. The number of anilines is 1. The number of nitro groups is 1. The number of amides is 1. The molecule has 1 aliphatic rings. The molecule has 1 aliphatic heterocycles. The molecule has 1 atom stereocenters. The van der Waals surface area contributed by atoms with Crippen LogP contribution in [-0.2, 0) is 9.53 Å². The smallest absolute Gasteiger partial charge is 0.312 e. The Labute approximate surface area is 133 Å². The molecule has 1 heterocycles. The molecule has 1 fully saturated rings. The number of halogens is 1. The minimum Gasteiger partial charge on any atom is -0.490 e. The largest absolute Gasteiger partial charge is 0.490 e. The van der Waals surface area contributed by atoms with Crippen molar-refractivity contribution in [2.45, 2.75) is 12.5 Å². The van der Waals surface area contributed by atoms with E-state index in [9.17, 15) is 14.9 Å². The van der Waals surface area contributed by atoms with Crippen molar-refractivity contribution in [3.05, 3.63) is 28.3 Å². The molecule has 0 spiro atoms. The molecule has 0 radical (unpaired) electrons. The third-order valence-electron chi connectivity index (χ3n) is 3.08. The Hall–Kier alpha value is -1.90. The Morgan fingerprint density at radius 1 is 1.59 bits per heavy atom. The highest BCUT2D eigenvalue weighted by Crippen LogP contribution is 2.29. The number of nitro benzene ring substituents is 1. The van der Waals surface area contributed by atoms with E-state index in [0.29, 0.717) is 18.8 Å². The molecule has 22 heavy (non-hydrogen) atoms. The third-order valence-corrected chi connectivity index (χ3v) is 3.08. The number of methoxy groups -OCH3 is 1. The van der Waals surface area contributed by atoms with Crippen molar-refractivity contribution in [2.75, 3.05) is 32.1 Å². The SMILES string of the molecule is COc1ccc(NC(=O)CC2CNCCO2)cc1[N+](=O)[O-].Cl. The van der Waals surface area contributed by atoms with Crippen LogP contribution in [0.2, 0.25) is 0 Å². The van der Waals surface area contributed by atoms with Crippen molar-refractivity contribution in [1.82, 2.24) is 5.32 Å². The summed E-state index contributed by atoms with van der Waals surface area (Å²) in [5.41, 5.74) is 0.169. The van der Waals surface area contributed by atoms with E-state index in [0.717, 1.165) is 6.54 Å². The second-order valence-corrected chi connectivity index (χ2v) is 4.59. The summed E-state index contributed by atoms with van der Waals surface area (Å²) >= 11 is 0. The Morgan fingerprint density at radius 2 is 2.36 bits per heavy atom. The van der Waals surface area contributed by atoms with E-state index in [1.54, 1.807) is 6.07 Å². The first-order chi connectivity index (χ1) is 10.1. The molecule has 1 aromatic carbocycles. The zero-order chi connectivity index (χ0) is 15.2. The van der Waals surface area contributed by atoms with E-state index in [1.165, 1.54) is 19.2 Å². The van der Waals surface area contributed by atoms with Crippen molar-refractivity contribution >= 4 is 29.7 Å². The first-order valence-corrected chi connectivity index (χ1v) is 6.54. The van der Waals surface area contributed by atoms with Crippen LogP contribution in [-0.4, -0.2) is 43.7 Å². The summed E-state index contributed by atoms with van der Waals surface area (Å²) in [6.45, 7) is 1.98. The number of hydrogen-bond donors (Lipinski definition) is 2. The molecule has 0 bridgehead atoms. The summed E-state index contributed by atoms with van der Waals surface area (Å²) in [5.74, 6) is -0.0963. The van der Waals surface area contributed by atoms with E-state index in [-0.39, 0.29) is 42.3 Å². The molecule has 1 aromatic rings. The van der Waals surface area contributed by atoms with Crippen LogP contribution in [0.25, 0.3) is 0 Å². The number of ether oxygens (including phenoxy) is 2. The Morgan fingerprint density at radius 3 is 2.95 bits per heavy atom. The zero-order valence-electron chi connectivity index (χ0n) is 12.0. The highest BCUT2D eigenvalue weighted by atomic mass is 35.5. The average molecular weight is 332 g/mol. The molecule has 9 heteroatoms. The van der Waals surface area contributed by atoms with E-state index < -0.39 is 4.92 Å². The fourth-order valence-electron chi connectivity index (χ4n) is 2.08. The number of carbonyl (C=O) groups is 1. The van der Waals surface area contributed by atoms with Gasteiger partial charge in [-0.05, 0) is 12.1 Å². The van der Waals surface area contributed by atoms with Gasteiger partial charge in [-0.2, -0.15) is 0 Å². The van der Waals surface area contributed by atoms with E-state index in [2.05, 4.69) is 10.6 Å². The Balaban J connectivity index is 0.00000242. The minimum absolute atomic E-state index is 0. The zero-order valence-corrected chi connectivity index (χ0v) is 12.9. The van der Waals surface area contributed by atoms with Gasteiger partial charge in [0.05, 0.1) is 31.2 Å². The lowest BCUT2D eigenvalue weighted by molar-refractivity contribution is -0.385. The van der Waals surface area contributed by atoms with Crippen LogP contribution in [0.3, 0.4) is 0 Å². The van der Waals surface area contributed by atoms with Crippen molar-refractivity contribution in [3.8, 4) is 5.75 Å². The van der Waals surface area contributed by atoms with Crippen LogP contribution in [0.1, 0.15) is 6.42 Å². The first-order valence-electron chi connectivity index (χ1n) is 6.54. The standard InChI is InChI=1S/C13H17N3O5.ClH/c1-20-12-3-2-9(6-11(12)16(18)19)15-13(17)7-10-8-14-4-5-21-10;/h2-3,6,10,14H,4-5,7-8H2,1H3,(H,15,17);1H. The molecule has 0 aliphatic carbocycles. The highest BCUT2D eigenvalue weighted by molar-refractivity contribution is 5.91. The molecule has 0 saturated carbocycles. The summed E-state index contributed by atoms with van der Waals surface area (Å²) in [6.07, 6.45) is 0.0271. The van der Waals surface area contributed by atoms with Gasteiger partial charge in [0.25, 0.3) is 0 Å². The minimum atomic E-state index is -0.553. The van der Waals surface area contributed by atoms with Crippen molar-refractivity contribution in [1.29, 1.82) is 0 Å². The van der Waals surface area contributed by atoms with Crippen LogP contribution >= 0.6 is 12.4 Å². The van der Waals surface area contributed by atoms with Gasteiger partial charge >= 0.3 is 5.69 Å². The fraction of sp³-hybridized carbons (Fsp3) is 0.462. The van der Waals surface area contributed by atoms with Gasteiger partial charge in [0.15, 0.2) is 5.75 Å². The predicted molar refractivity (Wildman–Crippen MR) is 82.8 cm³/mol. The maximum Gasteiger partial charge on any atom is 0.312 e. The lowest BCUT2D eigenvalue weighted by Crippen LogP contribution is -2.40. The lowest BCUT2D eigenvalue weighted by atomic mass is 10.2. The van der Waals surface area contributed by atoms with Crippen LogP contribution in [0.4, 0.5) is 11.4 Å². The van der Waals surface area contributed by atoms with Gasteiger partial charge in [0.1, 0.15) is 0 Å². The molecular weight excluding hydrogens is 314 g/mol. The molecular formula is C13H18ClN3O5. The molecule has 1 saturated heterocycles. The van der Waals surface area contributed by atoms with Gasteiger partial charge in [-0.15, -0.1) is 12.4 Å². The molecule has 2 N–H and O–H groups in total. The normalized spacial score (nSPS) is 17.2. The van der Waals surface area contributed by atoms with Crippen LogP contribution in [0.5, 0.6) is 5.75 Å². The fourth-order valence-corrected chi connectivity index (χ4v) is 2.08. The molecule has 1 amide bonds. The van der Waals surface area contributed by atoms with Crippen LogP contribution in [0.15, 0.2) is 18.2 Å². The lowest BCUT2D eigenvalue weighted by Gasteiger charge is -2.23. The van der Waals surface area contributed by atoms with Gasteiger partial charge in [-0.1, -0.05) is 0 Å². The van der Waals surface area contributed by atoms with Gasteiger partial charge in [-0.25, -0.2) is 0 Å². The van der Waals surface area contributed by atoms with Gasteiger partial charge in [0.2, 0.25) is 5.91 Å². The first kappa shape index (κ1) is 18.1. The van der Waals surface area contributed by atoms with Crippen molar-refractivity contribution in [2.24, 2.45) is 0 Å². The summed E-state index contributed by atoms with van der Waals surface area (Å²) in [6, 6.07) is 4.28. The van der Waals surface area contributed by atoms with Gasteiger partial charge < -0.3 is 20.1 Å². The van der Waals surface area contributed by atoms with E-state index in [1.807, 2.05) is 0 Å². The Bertz CT molecular complexity index is 534. The maximum absolute atomic E-state index is 11.9. The molecule has 122 valence electrons. The van der Waals surface area contributed by atoms with Crippen LogP contribution in [0, 0.1) is 10.1 Å². The van der Waals surface area contributed by atoms with Crippen molar-refractivity contribution in [3.63, 3.8) is 0 Å². The Kier molecular flexibility index (Phi) is 7.03. The van der Waals surface area contributed by atoms with Crippen molar-refractivity contribution < 1.29 is 19.2 Å². The monoisotopic (exact) mass is 331 g/mol. The third kappa shape index (κ3) is 4.83. The highest BCUT2D eigenvalue weighted by Gasteiger charge is 2.19. The summed E-state index contributed by atoms with van der Waals surface area (Å²) in [5, 5.41) is 16.7. The molecule has 1 unspecified atom stereocenters. The van der Waals surface area contributed by atoms with E-state index in [4.69, 9.17) is 9.47 Å². The molecule has 8 nitrogen and oxygen atoms in total. The number of nitrogens with one attached hydrogen (secondary N) is 2. The molecule has 0 aromatic heterocycles. The second-order valence-electron chi connectivity index (χ2n) is 4.59. The van der Waals surface area contributed by atoms with Gasteiger partial charge in [0, 0.05) is 24.8 Å².